The third-order valence-corrected chi connectivity index (χ3v) is 1.37. The zero-order valence-corrected chi connectivity index (χ0v) is 6.51. The van der Waals surface area contributed by atoms with Crippen LogP contribution in [0.25, 0.3) is 0 Å². The van der Waals surface area contributed by atoms with Crippen LogP contribution in [0.4, 0.5) is 0 Å². The summed E-state index contributed by atoms with van der Waals surface area (Å²) in [5.41, 5.74) is 0. The van der Waals surface area contributed by atoms with E-state index in [2.05, 4.69) is 24.3 Å². The van der Waals surface area contributed by atoms with Crippen LogP contribution >= 0.6 is 0 Å². The third kappa shape index (κ3) is 4.49. The number of hydrogen-bond donors (Lipinski definition) is 0. The van der Waals surface area contributed by atoms with Gasteiger partial charge >= 0.3 is 0 Å². The monoisotopic (exact) mass is 167 g/mol. The van der Waals surface area contributed by atoms with Crippen LogP contribution in [0.5, 0.6) is 0 Å². The molecule has 9 heavy (non-hydrogen) atoms. The SMILES string of the molecule is C1=CCCCCC=C1.[Co]. The Morgan fingerprint density at radius 2 is 1.22 bits per heavy atom. The number of rotatable bonds is 0. The average molecular weight is 167 g/mol. The maximum atomic E-state index is 2.23. The van der Waals surface area contributed by atoms with Gasteiger partial charge in [0.2, 0.25) is 0 Å². The van der Waals surface area contributed by atoms with Gasteiger partial charge in [0.15, 0.2) is 0 Å². The average Bonchev–Trinajstić information content (AvgIpc) is 1.62. The molecule has 0 unspecified atom stereocenters. The predicted molar refractivity (Wildman–Crippen MR) is 36.7 cm³/mol. The summed E-state index contributed by atoms with van der Waals surface area (Å²) in [4.78, 5) is 0. The minimum atomic E-state index is 0. The molecule has 0 spiro atoms. The molecule has 0 aromatic carbocycles. The smallest absolute Gasteiger partial charge is 0 e. The van der Waals surface area contributed by atoms with E-state index in [1.54, 1.807) is 0 Å². The molecule has 0 heterocycles. The molecular formula is C8H12Co. The molecule has 0 fully saturated rings. The summed E-state index contributed by atoms with van der Waals surface area (Å²) in [7, 11) is 0. The minimum absolute atomic E-state index is 0. The Morgan fingerprint density at radius 1 is 0.778 bits per heavy atom. The first-order valence-electron chi connectivity index (χ1n) is 3.32. The second-order valence-corrected chi connectivity index (χ2v) is 2.14. The summed E-state index contributed by atoms with van der Waals surface area (Å²) >= 11 is 0. The quantitative estimate of drug-likeness (QED) is 0.520. The second kappa shape index (κ2) is 6.11. The first kappa shape index (κ1) is 8.99. The molecule has 1 radical (unpaired) electrons. The summed E-state index contributed by atoms with van der Waals surface area (Å²) in [6.07, 6.45) is 14.0. The van der Waals surface area contributed by atoms with E-state index in [-0.39, 0.29) is 16.8 Å². The molecule has 1 rings (SSSR count). The zero-order valence-electron chi connectivity index (χ0n) is 5.47. The van der Waals surface area contributed by atoms with Gasteiger partial charge in [0.25, 0.3) is 0 Å². The van der Waals surface area contributed by atoms with E-state index in [0.29, 0.717) is 0 Å². The topological polar surface area (TPSA) is 0 Å². The molecule has 0 nitrogen and oxygen atoms in total. The van der Waals surface area contributed by atoms with Crippen molar-refractivity contribution >= 4 is 0 Å². The molecule has 0 aromatic rings. The molecule has 0 aromatic heterocycles. The first-order chi connectivity index (χ1) is 4.00. The molecule has 0 bridgehead atoms. The van der Waals surface area contributed by atoms with Gasteiger partial charge < -0.3 is 0 Å². The van der Waals surface area contributed by atoms with Crippen LogP contribution in [-0.2, 0) is 16.8 Å². The maximum absolute atomic E-state index is 2.23. The van der Waals surface area contributed by atoms with Gasteiger partial charge in [-0.3, -0.25) is 0 Å². The Labute approximate surface area is 67.2 Å². The van der Waals surface area contributed by atoms with Crippen LogP contribution in [0.2, 0.25) is 0 Å². The molecule has 0 saturated carbocycles. The minimum Gasteiger partial charge on any atom is -0.0845 e. The summed E-state index contributed by atoms with van der Waals surface area (Å²) in [5.74, 6) is 0. The first-order valence-corrected chi connectivity index (χ1v) is 3.32. The van der Waals surface area contributed by atoms with Crippen molar-refractivity contribution in [1.29, 1.82) is 0 Å². The van der Waals surface area contributed by atoms with E-state index in [1.807, 2.05) is 0 Å². The largest absolute Gasteiger partial charge is 0.0845 e. The zero-order chi connectivity index (χ0) is 5.66. The Balaban J connectivity index is 0.000000640. The van der Waals surface area contributed by atoms with Crippen molar-refractivity contribution in [2.45, 2.75) is 25.7 Å². The molecule has 0 N–H and O–H groups in total. The Bertz CT molecular complexity index is 89.1. The van der Waals surface area contributed by atoms with Crippen LogP contribution in [-0.4, -0.2) is 0 Å². The fourth-order valence-electron chi connectivity index (χ4n) is 0.874. The van der Waals surface area contributed by atoms with Gasteiger partial charge in [0.05, 0.1) is 0 Å². The van der Waals surface area contributed by atoms with Gasteiger partial charge in [-0.2, -0.15) is 0 Å². The van der Waals surface area contributed by atoms with Crippen LogP contribution in [0.3, 0.4) is 0 Å². The van der Waals surface area contributed by atoms with Crippen molar-refractivity contribution < 1.29 is 16.8 Å². The van der Waals surface area contributed by atoms with Crippen LogP contribution in [0.15, 0.2) is 24.3 Å². The van der Waals surface area contributed by atoms with Crippen molar-refractivity contribution in [1.82, 2.24) is 0 Å². The van der Waals surface area contributed by atoms with Crippen molar-refractivity contribution in [3.05, 3.63) is 24.3 Å². The molecule has 0 atom stereocenters. The summed E-state index contributed by atoms with van der Waals surface area (Å²) in [6.45, 7) is 0. The standard InChI is InChI=1S/C8H12.Co/c1-2-4-6-8-7-5-3-1;/h1-4H,5-8H2;. The van der Waals surface area contributed by atoms with E-state index in [9.17, 15) is 0 Å². The summed E-state index contributed by atoms with van der Waals surface area (Å²) in [5, 5.41) is 0. The Hall–Kier alpha value is -0.0135. The van der Waals surface area contributed by atoms with Gasteiger partial charge in [-0.25, -0.2) is 0 Å². The predicted octanol–water partition coefficient (Wildman–Crippen LogP) is 2.67. The molecule has 0 aliphatic heterocycles. The molecule has 1 aliphatic carbocycles. The Morgan fingerprint density at radius 3 is 1.67 bits per heavy atom. The van der Waals surface area contributed by atoms with Gasteiger partial charge in [-0.15, -0.1) is 0 Å². The van der Waals surface area contributed by atoms with Crippen molar-refractivity contribution in [3.63, 3.8) is 0 Å². The van der Waals surface area contributed by atoms with Crippen LogP contribution in [0, 0.1) is 0 Å². The van der Waals surface area contributed by atoms with Gasteiger partial charge in [-0.05, 0) is 25.7 Å². The normalized spacial score (nSPS) is 17.8. The van der Waals surface area contributed by atoms with Crippen molar-refractivity contribution in [3.8, 4) is 0 Å². The number of hydrogen-bond acceptors (Lipinski definition) is 0. The van der Waals surface area contributed by atoms with E-state index < -0.39 is 0 Å². The summed E-state index contributed by atoms with van der Waals surface area (Å²) < 4.78 is 0. The molecule has 0 amide bonds. The van der Waals surface area contributed by atoms with Gasteiger partial charge in [0, 0.05) is 16.8 Å². The van der Waals surface area contributed by atoms with E-state index in [4.69, 9.17) is 0 Å². The molecular weight excluding hydrogens is 155 g/mol. The molecule has 1 heteroatoms. The van der Waals surface area contributed by atoms with Crippen molar-refractivity contribution in [2.24, 2.45) is 0 Å². The molecule has 1 aliphatic rings. The second-order valence-electron chi connectivity index (χ2n) is 2.14. The van der Waals surface area contributed by atoms with E-state index >= 15 is 0 Å². The number of allylic oxidation sites excluding steroid dienone is 4. The van der Waals surface area contributed by atoms with Crippen LogP contribution in [0.1, 0.15) is 25.7 Å². The summed E-state index contributed by atoms with van der Waals surface area (Å²) in [6, 6.07) is 0. The van der Waals surface area contributed by atoms with Crippen molar-refractivity contribution in [2.75, 3.05) is 0 Å². The maximum Gasteiger partial charge on any atom is 0 e. The molecule has 0 saturated heterocycles. The molecule has 53 valence electrons. The fraction of sp³-hybridized carbons (Fsp3) is 0.500. The van der Waals surface area contributed by atoms with E-state index in [1.165, 1.54) is 25.7 Å². The van der Waals surface area contributed by atoms with Crippen LogP contribution < -0.4 is 0 Å². The van der Waals surface area contributed by atoms with E-state index in [0.717, 1.165) is 0 Å². The Kier molecular flexibility index (Phi) is 6.10. The third-order valence-electron chi connectivity index (χ3n) is 1.37. The van der Waals surface area contributed by atoms with Gasteiger partial charge in [-0.1, -0.05) is 24.3 Å². The fourth-order valence-corrected chi connectivity index (χ4v) is 0.874. The van der Waals surface area contributed by atoms with Gasteiger partial charge in [0.1, 0.15) is 0 Å².